The van der Waals surface area contributed by atoms with Gasteiger partial charge in [0.15, 0.2) is 0 Å². The first kappa shape index (κ1) is 13.1. The number of nitrogens with zero attached hydrogens (tertiary/aromatic N) is 1. The molecule has 1 aliphatic heterocycles. The van der Waals surface area contributed by atoms with E-state index in [1.807, 2.05) is 23.5 Å². The molecule has 0 amide bonds. The van der Waals surface area contributed by atoms with Crippen molar-refractivity contribution in [3.63, 3.8) is 0 Å². The maximum atomic E-state index is 6.42. The molecule has 3 rings (SSSR count). The van der Waals surface area contributed by atoms with Crippen LogP contribution in [-0.4, -0.2) is 31.1 Å². The summed E-state index contributed by atoms with van der Waals surface area (Å²) in [5.41, 5.74) is 1.22. The molecule has 0 saturated carbocycles. The van der Waals surface area contributed by atoms with E-state index in [1.54, 1.807) is 0 Å². The number of hydrogen-bond donors (Lipinski definition) is 1. The van der Waals surface area contributed by atoms with Crippen molar-refractivity contribution in [2.45, 2.75) is 6.04 Å². The van der Waals surface area contributed by atoms with Crippen LogP contribution in [0, 0.1) is 0 Å². The van der Waals surface area contributed by atoms with Crippen LogP contribution in [0.3, 0.4) is 0 Å². The number of rotatable bonds is 3. The zero-order valence-electron chi connectivity index (χ0n) is 10.7. The van der Waals surface area contributed by atoms with Gasteiger partial charge in [-0.05, 0) is 23.1 Å². The highest BCUT2D eigenvalue weighted by atomic mass is 35.5. The second-order valence-corrected chi connectivity index (χ2v) is 6.11. The predicted octanol–water partition coefficient (Wildman–Crippen LogP) is 3.40. The Labute approximate surface area is 123 Å². The van der Waals surface area contributed by atoms with Gasteiger partial charge in [0.1, 0.15) is 0 Å². The van der Waals surface area contributed by atoms with Crippen LogP contribution in [0.15, 0.2) is 41.8 Å². The Morgan fingerprint density at radius 3 is 2.58 bits per heavy atom. The second-order valence-electron chi connectivity index (χ2n) is 4.73. The lowest BCUT2D eigenvalue weighted by Crippen LogP contribution is -2.45. The van der Waals surface area contributed by atoms with Gasteiger partial charge in [0.2, 0.25) is 0 Å². The van der Waals surface area contributed by atoms with E-state index >= 15 is 0 Å². The van der Waals surface area contributed by atoms with Crippen molar-refractivity contribution >= 4 is 22.9 Å². The Morgan fingerprint density at radius 1 is 1.11 bits per heavy atom. The molecule has 2 aromatic rings. The van der Waals surface area contributed by atoms with E-state index in [9.17, 15) is 0 Å². The van der Waals surface area contributed by atoms with Gasteiger partial charge in [-0.2, -0.15) is 0 Å². The van der Waals surface area contributed by atoms with Crippen molar-refractivity contribution < 1.29 is 0 Å². The van der Waals surface area contributed by atoms with E-state index in [4.69, 9.17) is 11.6 Å². The van der Waals surface area contributed by atoms with Crippen LogP contribution < -0.4 is 5.32 Å². The summed E-state index contributed by atoms with van der Waals surface area (Å²) in [5, 5.41) is 6.41. The number of benzene rings is 1. The number of piperazine rings is 1. The summed E-state index contributed by atoms with van der Waals surface area (Å²) in [7, 11) is 0. The van der Waals surface area contributed by atoms with Gasteiger partial charge >= 0.3 is 0 Å². The fourth-order valence-electron chi connectivity index (χ4n) is 2.61. The molecule has 2 nitrogen and oxygen atoms in total. The Morgan fingerprint density at radius 2 is 1.89 bits per heavy atom. The highest BCUT2D eigenvalue weighted by Crippen LogP contribution is 2.35. The number of thiophene rings is 1. The maximum Gasteiger partial charge on any atom is 0.0711 e. The number of hydrogen-bond acceptors (Lipinski definition) is 3. The molecule has 4 heteroatoms. The quantitative estimate of drug-likeness (QED) is 0.933. The summed E-state index contributed by atoms with van der Waals surface area (Å²) in [6.45, 7) is 4.22. The van der Waals surface area contributed by atoms with Crippen molar-refractivity contribution in [1.82, 2.24) is 10.2 Å². The van der Waals surface area contributed by atoms with Crippen LogP contribution in [0.2, 0.25) is 5.02 Å². The van der Waals surface area contributed by atoms with Crippen molar-refractivity contribution in [3.05, 3.63) is 57.2 Å². The molecule has 100 valence electrons. The normalized spacial score (nSPS) is 18.4. The summed E-state index contributed by atoms with van der Waals surface area (Å²) in [5.74, 6) is 0. The molecule has 1 fully saturated rings. The lowest BCUT2D eigenvalue weighted by molar-refractivity contribution is 0.201. The lowest BCUT2D eigenvalue weighted by atomic mass is 10.0. The van der Waals surface area contributed by atoms with E-state index in [2.05, 4.69) is 39.9 Å². The Hall–Kier alpha value is -0.870. The van der Waals surface area contributed by atoms with Crippen LogP contribution in [0.4, 0.5) is 0 Å². The molecule has 0 unspecified atom stereocenters. The first-order valence-corrected chi connectivity index (χ1v) is 7.84. The van der Waals surface area contributed by atoms with Gasteiger partial charge in [0.25, 0.3) is 0 Å². The molecule has 1 N–H and O–H groups in total. The molecule has 1 aromatic carbocycles. The van der Waals surface area contributed by atoms with E-state index in [0.29, 0.717) is 0 Å². The highest BCUT2D eigenvalue weighted by molar-refractivity contribution is 7.10. The Kier molecular flexibility index (Phi) is 4.18. The van der Waals surface area contributed by atoms with Gasteiger partial charge in [-0.3, -0.25) is 4.90 Å². The SMILES string of the molecule is Clc1ccccc1[C@@H](c1cccs1)N1CCNCC1. The van der Waals surface area contributed by atoms with Gasteiger partial charge in [0, 0.05) is 36.1 Å². The fraction of sp³-hybridized carbons (Fsp3) is 0.333. The lowest BCUT2D eigenvalue weighted by Gasteiger charge is -2.35. The fourth-order valence-corrected chi connectivity index (χ4v) is 3.73. The molecular formula is C15H17ClN2S. The summed E-state index contributed by atoms with van der Waals surface area (Å²) in [4.78, 5) is 3.89. The minimum absolute atomic E-state index is 0.288. The number of halogens is 1. The second kappa shape index (κ2) is 6.06. The Balaban J connectivity index is 1.99. The maximum absolute atomic E-state index is 6.42. The third-order valence-corrected chi connectivity index (χ3v) is 4.80. The molecule has 19 heavy (non-hydrogen) atoms. The average Bonchev–Trinajstić information content (AvgIpc) is 2.96. The summed E-state index contributed by atoms with van der Waals surface area (Å²) < 4.78 is 0. The van der Waals surface area contributed by atoms with E-state index < -0.39 is 0 Å². The van der Waals surface area contributed by atoms with Crippen molar-refractivity contribution in [2.24, 2.45) is 0 Å². The Bertz CT molecular complexity index is 521. The molecular weight excluding hydrogens is 276 g/mol. The van der Waals surface area contributed by atoms with Gasteiger partial charge < -0.3 is 5.32 Å². The van der Waals surface area contributed by atoms with Crippen LogP contribution in [-0.2, 0) is 0 Å². The molecule has 0 spiro atoms. The van der Waals surface area contributed by atoms with Gasteiger partial charge in [-0.1, -0.05) is 35.9 Å². The molecule has 1 saturated heterocycles. The molecule has 1 atom stereocenters. The highest BCUT2D eigenvalue weighted by Gasteiger charge is 2.25. The zero-order valence-corrected chi connectivity index (χ0v) is 12.3. The molecule has 1 aliphatic rings. The van der Waals surface area contributed by atoms with Crippen molar-refractivity contribution in [1.29, 1.82) is 0 Å². The van der Waals surface area contributed by atoms with E-state index in [1.165, 1.54) is 10.4 Å². The van der Waals surface area contributed by atoms with Gasteiger partial charge in [-0.15, -0.1) is 11.3 Å². The van der Waals surface area contributed by atoms with Crippen molar-refractivity contribution in [3.8, 4) is 0 Å². The van der Waals surface area contributed by atoms with Crippen LogP contribution in [0.25, 0.3) is 0 Å². The topological polar surface area (TPSA) is 15.3 Å². The molecule has 0 radical (unpaired) electrons. The third kappa shape index (κ3) is 2.84. The third-order valence-electron chi connectivity index (χ3n) is 3.53. The first-order valence-electron chi connectivity index (χ1n) is 6.59. The predicted molar refractivity (Wildman–Crippen MR) is 82.1 cm³/mol. The summed E-state index contributed by atoms with van der Waals surface area (Å²) >= 11 is 8.22. The molecule has 2 heterocycles. The summed E-state index contributed by atoms with van der Waals surface area (Å²) in [6, 6.07) is 12.8. The van der Waals surface area contributed by atoms with E-state index in [-0.39, 0.29) is 6.04 Å². The average molecular weight is 293 g/mol. The molecule has 0 bridgehead atoms. The van der Waals surface area contributed by atoms with Crippen molar-refractivity contribution in [2.75, 3.05) is 26.2 Å². The van der Waals surface area contributed by atoms with Gasteiger partial charge in [-0.25, -0.2) is 0 Å². The van der Waals surface area contributed by atoms with Crippen LogP contribution in [0.5, 0.6) is 0 Å². The monoisotopic (exact) mass is 292 g/mol. The van der Waals surface area contributed by atoms with Crippen LogP contribution in [0.1, 0.15) is 16.5 Å². The minimum Gasteiger partial charge on any atom is -0.314 e. The number of nitrogens with one attached hydrogen (secondary N) is 1. The van der Waals surface area contributed by atoms with Gasteiger partial charge in [0.05, 0.1) is 6.04 Å². The molecule has 1 aromatic heterocycles. The molecule has 0 aliphatic carbocycles. The standard InChI is InChI=1S/C15H17ClN2S/c16-13-5-2-1-4-12(13)15(14-6-3-11-19-14)18-9-7-17-8-10-18/h1-6,11,15,17H,7-10H2/t15-/m0/s1. The smallest absolute Gasteiger partial charge is 0.0711 e. The van der Waals surface area contributed by atoms with E-state index in [0.717, 1.165) is 31.2 Å². The van der Waals surface area contributed by atoms with Crippen LogP contribution >= 0.6 is 22.9 Å². The largest absolute Gasteiger partial charge is 0.314 e. The first-order chi connectivity index (χ1) is 9.36. The summed E-state index contributed by atoms with van der Waals surface area (Å²) in [6.07, 6.45) is 0. The minimum atomic E-state index is 0.288. The zero-order chi connectivity index (χ0) is 13.1.